The van der Waals surface area contributed by atoms with Crippen molar-refractivity contribution >= 4 is 55.7 Å². The van der Waals surface area contributed by atoms with Crippen LogP contribution in [0.5, 0.6) is 0 Å². The topological polar surface area (TPSA) is 52.0 Å². The monoisotopic (exact) mass is 328 g/mol. The van der Waals surface area contributed by atoms with E-state index in [1.165, 1.54) is 11.3 Å². The predicted molar refractivity (Wildman–Crippen MR) is 74.4 cm³/mol. The first-order valence-corrected chi connectivity index (χ1v) is 6.73. The Balaban J connectivity index is 2.23. The molecular weight excluding hydrogens is 324 g/mol. The third-order valence-corrected chi connectivity index (χ3v) is 3.94. The van der Waals surface area contributed by atoms with Gasteiger partial charge in [-0.15, -0.1) is 11.3 Å². The Bertz CT molecular complexity index is 707. The minimum Gasteiger partial charge on any atom is -0.433 e. The molecule has 0 aliphatic heterocycles. The lowest BCUT2D eigenvalue weighted by Crippen LogP contribution is -1.84. The van der Waals surface area contributed by atoms with Crippen LogP contribution in [0.4, 0.5) is 5.69 Å². The highest BCUT2D eigenvalue weighted by Crippen LogP contribution is 2.34. The van der Waals surface area contributed by atoms with E-state index in [0.717, 1.165) is 14.9 Å². The van der Waals surface area contributed by atoms with E-state index in [-0.39, 0.29) is 0 Å². The fraction of sp³-hybridized carbons (Fsp3) is 0. The predicted octanol–water partition coefficient (Wildman–Crippen LogP) is 4.55. The lowest BCUT2D eigenvalue weighted by Gasteiger charge is -1.93. The van der Waals surface area contributed by atoms with Crippen LogP contribution >= 0.6 is 38.9 Å². The molecule has 0 fully saturated rings. The molecule has 3 aromatic rings. The Labute approximate surface area is 114 Å². The summed E-state index contributed by atoms with van der Waals surface area (Å²) in [7, 11) is 0. The number of nitrogens with two attached hydrogens (primary N) is 1. The maximum absolute atomic E-state index is 5.88. The minimum absolute atomic E-state index is 0.543. The molecule has 0 spiro atoms. The summed E-state index contributed by atoms with van der Waals surface area (Å²) in [6.07, 6.45) is 0. The Hall–Kier alpha value is -1.04. The van der Waals surface area contributed by atoms with Crippen LogP contribution in [0.15, 0.2) is 33.2 Å². The van der Waals surface area contributed by atoms with Crippen molar-refractivity contribution in [2.75, 3.05) is 5.73 Å². The van der Waals surface area contributed by atoms with Gasteiger partial charge in [0.2, 0.25) is 5.89 Å². The van der Waals surface area contributed by atoms with E-state index in [2.05, 4.69) is 20.9 Å². The molecule has 2 aromatic heterocycles. The van der Waals surface area contributed by atoms with E-state index in [1.807, 2.05) is 18.2 Å². The van der Waals surface area contributed by atoms with Gasteiger partial charge in [-0.2, -0.15) is 0 Å². The number of aromatic nitrogens is 1. The Morgan fingerprint density at radius 3 is 2.88 bits per heavy atom. The summed E-state index contributed by atoms with van der Waals surface area (Å²) in [6, 6.07) is 7.35. The standard InChI is InChI=1S/C11H6BrClN2OS/c12-5-3-6(14)10-7(4-5)15-11(16-10)8-1-2-9(13)17-8/h1-4H,14H2. The second kappa shape index (κ2) is 4.01. The normalized spacial score (nSPS) is 11.2. The quantitative estimate of drug-likeness (QED) is 0.666. The smallest absolute Gasteiger partial charge is 0.237 e. The van der Waals surface area contributed by atoms with Crippen LogP contribution < -0.4 is 5.73 Å². The third-order valence-electron chi connectivity index (χ3n) is 2.27. The second-order valence-corrected chi connectivity index (χ2v) is 6.10. The van der Waals surface area contributed by atoms with Crippen molar-refractivity contribution in [3.63, 3.8) is 0 Å². The number of hydrogen-bond donors (Lipinski definition) is 1. The molecule has 0 radical (unpaired) electrons. The molecule has 0 atom stereocenters. The van der Waals surface area contributed by atoms with E-state index < -0.39 is 0 Å². The van der Waals surface area contributed by atoms with Crippen molar-refractivity contribution < 1.29 is 4.42 Å². The van der Waals surface area contributed by atoms with Gasteiger partial charge in [-0.25, -0.2) is 4.98 Å². The molecule has 17 heavy (non-hydrogen) atoms. The summed E-state index contributed by atoms with van der Waals surface area (Å²) in [5.41, 5.74) is 7.77. The number of hydrogen-bond acceptors (Lipinski definition) is 4. The van der Waals surface area contributed by atoms with Gasteiger partial charge in [0.05, 0.1) is 14.9 Å². The van der Waals surface area contributed by atoms with Crippen molar-refractivity contribution in [3.05, 3.63) is 33.1 Å². The Kier molecular flexibility index (Phi) is 2.61. The summed E-state index contributed by atoms with van der Waals surface area (Å²) in [5, 5.41) is 0. The lowest BCUT2D eigenvalue weighted by molar-refractivity contribution is 0.623. The molecule has 0 aliphatic carbocycles. The largest absolute Gasteiger partial charge is 0.433 e. The van der Waals surface area contributed by atoms with Gasteiger partial charge in [-0.05, 0) is 24.3 Å². The number of thiophene rings is 1. The van der Waals surface area contributed by atoms with E-state index >= 15 is 0 Å². The highest BCUT2D eigenvalue weighted by atomic mass is 79.9. The molecular formula is C11H6BrClN2OS. The number of halogens is 2. The van der Waals surface area contributed by atoms with Gasteiger partial charge in [0.25, 0.3) is 0 Å². The Morgan fingerprint density at radius 2 is 2.18 bits per heavy atom. The SMILES string of the molecule is Nc1cc(Br)cc2nc(-c3ccc(Cl)s3)oc12. The van der Waals surface area contributed by atoms with Gasteiger partial charge in [0.15, 0.2) is 5.58 Å². The molecule has 0 aliphatic rings. The number of fused-ring (bicyclic) bond motifs is 1. The maximum Gasteiger partial charge on any atom is 0.237 e. The molecule has 3 nitrogen and oxygen atoms in total. The fourth-order valence-electron chi connectivity index (χ4n) is 1.56. The van der Waals surface area contributed by atoms with Crippen LogP contribution in [0.3, 0.4) is 0 Å². The zero-order valence-corrected chi connectivity index (χ0v) is 11.6. The zero-order valence-electron chi connectivity index (χ0n) is 8.41. The first kappa shape index (κ1) is 11.1. The van der Waals surface area contributed by atoms with Crippen molar-refractivity contribution in [1.82, 2.24) is 4.98 Å². The van der Waals surface area contributed by atoms with E-state index in [4.69, 9.17) is 21.8 Å². The molecule has 6 heteroatoms. The van der Waals surface area contributed by atoms with Crippen LogP contribution in [-0.4, -0.2) is 4.98 Å². The van der Waals surface area contributed by atoms with Crippen molar-refractivity contribution in [3.8, 4) is 10.8 Å². The summed E-state index contributed by atoms with van der Waals surface area (Å²) in [4.78, 5) is 5.28. The number of oxazole rings is 1. The minimum atomic E-state index is 0.543. The van der Waals surface area contributed by atoms with Crippen LogP contribution in [0.25, 0.3) is 21.9 Å². The fourth-order valence-corrected chi connectivity index (χ4v) is 2.99. The third kappa shape index (κ3) is 1.94. The van der Waals surface area contributed by atoms with Crippen molar-refractivity contribution in [2.45, 2.75) is 0 Å². The van der Waals surface area contributed by atoms with Crippen molar-refractivity contribution in [2.24, 2.45) is 0 Å². The van der Waals surface area contributed by atoms with E-state index in [9.17, 15) is 0 Å². The molecule has 0 saturated heterocycles. The van der Waals surface area contributed by atoms with Gasteiger partial charge >= 0.3 is 0 Å². The summed E-state index contributed by atoms with van der Waals surface area (Å²) >= 11 is 10.7. The molecule has 2 heterocycles. The van der Waals surface area contributed by atoms with Gasteiger partial charge < -0.3 is 10.2 Å². The first-order valence-electron chi connectivity index (χ1n) is 4.75. The molecule has 86 valence electrons. The first-order chi connectivity index (χ1) is 8.13. The number of rotatable bonds is 1. The maximum atomic E-state index is 5.88. The van der Waals surface area contributed by atoms with Crippen LogP contribution in [0.2, 0.25) is 4.34 Å². The number of nitrogen functional groups attached to an aromatic ring is 1. The Morgan fingerprint density at radius 1 is 1.35 bits per heavy atom. The van der Waals surface area contributed by atoms with Gasteiger partial charge in [0.1, 0.15) is 5.52 Å². The molecule has 0 unspecified atom stereocenters. The zero-order chi connectivity index (χ0) is 12.0. The van der Waals surface area contributed by atoms with Crippen LogP contribution in [0.1, 0.15) is 0 Å². The molecule has 3 rings (SSSR count). The average Bonchev–Trinajstić information content (AvgIpc) is 2.83. The lowest BCUT2D eigenvalue weighted by atomic mass is 10.3. The van der Waals surface area contributed by atoms with Crippen molar-refractivity contribution in [1.29, 1.82) is 0 Å². The second-order valence-electron chi connectivity index (χ2n) is 3.47. The molecule has 2 N–H and O–H groups in total. The average molecular weight is 330 g/mol. The van der Waals surface area contributed by atoms with Gasteiger partial charge in [-0.3, -0.25) is 0 Å². The number of nitrogens with zero attached hydrogens (tertiary/aromatic N) is 1. The summed E-state index contributed by atoms with van der Waals surface area (Å²) < 4.78 is 7.23. The highest BCUT2D eigenvalue weighted by Gasteiger charge is 2.12. The van der Waals surface area contributed by atoms with Gasteiger partial charge in [0, 0.05) is 4.47 Å². The molecule has 0 amide bonds. The van der Waals surface area contributed by atoms with Crippen LogP contribution in [0, 0.1) is 0 Å². The summed E-state index contributed by atoms with van der Waals surface area (Å²) in [5.74, 6) is 0.543. The summed E-state index contributed by atoms with van der Waals surface area (Å²) in [6.45, 7) is 0. The number of anilines is 1. The van der Waals surface area contributed by atoms with E-state index in [0.29, 0.717) is 21.5 Å². The van der Waals surface area contributed by atoms with Gasteiger partial charge in [-0.1, -0.05) is 27.5 Å². The van der Waals surface area contributed by atoms with Crippen LogP contribution in [-0.2, 0) is 0 Å². The van der Waals surface area contributed by atoms with E-state index in [1.54, 1.807) is 6.07 Å². The molecule has 0 saturated carbocycles. The number of benzene rings is 1. The molecule has 1 aromatic carbocycles. The highest BCUT2D eigenvalue weighted by molar-refractivity contribution is 9.10. The molecule has 0 bridgehead atoms.